The Labute approximate surface area is 119 Å². The molecule has 0 aromatic carbocycles. The third kappa shape index (κ3) is 3.33. The topological polar surface area (TPSA) is 42.1 Å². The maximum Gasteiger partial charge on any atom is 0.133 e. The monoisotopic (exact) mass is 275 g/mol. The lowest BCUT2D eigenvalue weighted by Crippen LogP contribution is -2.24. The predicted octanol–water partition coefficient (Wildman–Crippen LogP) is 2.90. The Balaban J connectivity index is 2.16. The summed E-state index contributed by atoms with van der Waals surface area (Å²) in [5, 5.41) is 2.12. The van der Waals surface area contributed by atoms with Crippen LogP contribution in [-0.2, 0) is 13.0 Å². The molecule has 0 unspecified atom stereocenters. The number of thiophene rings is 1. The Kier molecular flexibility index (Phi) is 4.56. The van der Waals surface area contributed by atoms with E-state index in [0.29, 0.717) is 6.54 Å². The normalized spacial score (nSPS) is 10.7. The van der Waals surface area contributed by atoms with Gasteiger partial charge in [-0.25, -0.2) is 4.98 Å². The van der Waals surface area contributed by atoms with Crippen LogP contribution in [0.4, 0.5) is 5.82 Å². The Bertz CT molecular complexity index is 535. The maximum atomic E-state index is 5.87. The van der Waals surface area contributed by atoms with Crippen molar-refractivity contribution < 1.29 is 0 Å². The molecule has 2 N–H and O–H groups in total. The minimum Gasteiger partial charge on any atom is -0.359 e. The second-order valence-electron chi connectivity index (χ2n) is 4.84. The summed E-state index contributed by atoms with van der Waals surface area (Å²) in [5.74, 6) is 1.02. The summed E-state index contributed by atoms with van der Waals surface area (Å²) >= 11 is 1.80. The summed E-state index contributed by atoms with van der Waals surface area (Å²) in [7, 11) is 2.09. The third-order valence-electron chi connectivity index (χ3n) is 3.29. The molecule has 2 rings (SSSR count). The molecule has 0 fully saturated rings. The SMILES string of the molecule is Cc1cc(C)c(CN)c(N(C)CCc2cccs2)n1. The minimum atomic E-state index is 0.539. The van der Waals surface area contributed by atoms with Gasteiger partial charge in [-0.3, -0.25) is 0 Å². The summed E-state index contributed by atoms with van der Waals surface area (Å²) in [5.41, 5.74) is 9.30. The molecule has 0 aliphatic heterocycles. The number of nitrogens with zero attached hydrogens (tertiary/aromatic N) is 2. The lowest BCUT2D eigenvalue weighted by Gasteiger charge is -2.22. The van der Waals surface area contributed by atoms with E-state index in [4.69, 9.17) is 5.73 Å². The highest BCUT2D eigenvalue weighted by atomic mass is 32.1. The molecular weight excluding hydrogens is 254 g/mol. The Morgan fingerprint density at radius 2 is 2.16 bits per heavy atom. The lowest BCUT2D eigenvalue weighted by molar-refractivity contribution is 0.846. The van der Waals surface area contributed by atoms with Crippen molar-refractivity contribution in [2.24, 2.45) is 5.73 Å². The van der Waals surface area contributed by atoms with Crippen LogP contribution in [0.3, 0.4) is 0 Å². The third-order valence-corrected chi connectivity index (χ3v) is 4.23. The van der Waals surface area contributed by atoms with Crippen LogP contribution in [0.25, 0.3) is 0 Å². The van der Waals surface area contributed by atoms with Gasteiger partial charge in [-0.1, -0.05) is 6.07 Å². The molecule has 3 nitrogen and oxygen atoms in total. The lowest BCUT2D eigenvalue weighted by atomic mass is 10.1. The van der Waals surface area contributed by atoms with Crippen LogP contribution in [-0.4, -0.2) is 18.6 Å². The smallest absolute Gasteiger partial charge is 0.133 e. The molecular formula is C15H21N3S. The van der Waals surface area contributed by atoms with Gasteiger partial charge in [-0.05, 0) is 43.3 Å². The average molecular weight is 275 g/mol. The van der Waals surface area contributed by atoms with Gasteiger partial charge in [0.1, 0.15) is 5.82 Å². The molecule has 19 heavy (non-hydrogen) atoms. The zero-order valence-electron chi connectivity index (χ0n) is 11.8. The first-order valence-electron chi connectivity index (χ1n) is 6.52. The van der Waals surface area contributed by atoms with Gasteiger partial charge < -0.3 is 10.6 Å². The van der Waals surface area contributed by atoms with Crippen LogP contribution in [0.5, 0.6) is 0 Å². The molecule has 0 atom stereocenters. The van der Waals surface area contributed by atoms with Gasteiger partial charge in [0, 0.05) is 36.3 Å². The van der Waals surface area contributed by atoms with Gasteiger partial charge in [-0.15, -0.1) is 11.3 Å². The van der Waals surface area contributed by atoms with E-state index >= 15 is 0 Å². The second kappa shape index (κ2) is 6.17. The van der Waals surface area contributed by atoms with Crippen molar-refractivity contribution in [1.82, 2.24) is 4.98 Å². The average Bonchev–Trinajstić information content (AvgIpc) is 2.88. The van der Waals surface area contributed by atoms with Crippen molar-refractivity contribution in [2.45, 2.75) is 26.8 Å². The fourth-order valence-electron chi connectivity index (χ4n) is 2.25. The molecule has 4 heteroatoms. The van der Waals surface area contributed by atoms with E-state index in [2.05, 4.69) is 47.4 Å². The quantitative estimate of drug-likeness (QED) is 0.912. The molecule has 2 aromatic heterocycles. The number of aromatic nitrogens is 1. The molecule has 102 valence electrons. The maximum absolute atomic E-state index is 5.87. The number of hydrogen-bond acceptors (Lipinski definition) is 4. The number of rotatable bonds is 5. The number of anilines is 1. The molecule has 0 saturated carbocycles. The van der Waals surface area contributed by atoms with Gasteiger partial charge in [-0.2, -0.15) is 0 Å². The Morgan fingerprint density at radius 3 is 2.79 bits per heavy atom. The molecule has 0 aliphatic carbocycles. The van der Waals surface area contributed by atoms with Crippen molar-refractivity contribution >= 4 is 17.2 Å². The van der Waals surface area contributed by atoms with Gasteiger partial charge in [0.05, 0.1) is 0 Å². The zero-order chi connectivity index (χ0) is 13.8. The minimum absolute atomic E-state index is 0.539. The van der Waals surface area contributed by atoms with E-state index in [-0.39, 0.29) is 0 Å². The van der Waals surface area contributed by atoms with Crippen LogP contribution >= 0.6 is 11.3 Å². The molecule has 0 saturated heterocycles. The van der Waals surface area contributed by atoms with E-state index in [1.807, 2.05) is 6.92 Å². The molecule has 2 aromatic rings. The van der Waals surface area contributed by atoms with Crippen molar-refractivity contribution in [3.8, 4) is 0 Å². The van der Waals surface area contributed by atoms with E-state index in [1.165, 1.54) is 10.4 Å². The van der Waals surface area contributed by atoms with Crippen LogP contribution in [0.2, 0.25) is 0 Å². The Hall–Kier alpha value is -1.39. The van der Waals surface area contributed by atoms with Crippen LogP contribution in [0, 0.1) is 13.8 Å². The summed E-state index contributed by atoms with van der Waals surface area (Å²) in [4.78, 5) is 8.27. The van der Waals surface area contributed by atoms with Crippen molar-refractivity contribution in [2.75, 3.05) is 18.5 Å². The largest absolute Gasteiger partial charge is 0.359 e. The van der Waals surface area contributed by atoms with Gasteiger partial charge in [0.2, 0.25) is 0 Å². The first kappa shape index (κ1) is 14.0. The fraction of sp³-hybridized carbons (Fsp3) is 0.400. The van der Waals surface area contributed by atoms with Gasteiger partial charge in [0.25, 0.3) is 0 Å². The summed E-state index contributed by atoms with van der Waals surface area (Å²) in [6.07, 6.45) is 1.05. The van der Waals surface area contributed by atoms with E-state index < -0.39 is 0 Å². The van der Waals surface area contributed by atoms with Gasteiger partial charge in [0.15, 0.2) is 0 Å². The highest BCUT2D eigenvalue weighted by Crippen LogP contribution is 2.21. The number of pyridine rings is 1. The molecule has 0 radical (unpaired) electrons. The van der Waals surface area contributed by atoms with Crippen molar-refractivity contribution in [1.29, 1.82) is 0 Å². The first-order valence-corrected chi connectivity index (χ1v) is 7.40. The number of likely N-dealkylation sites (N-methyl/N-ethyl adjacent to an activating group) is 1. The van der Waals surface area contributed by atoms with E-state index in [9.17, 15) is 0 Å². The highest BCUT2D eigenvalue weighted by molar-refractivity contribution is 7.09. The predicted molar refractivity (Wildman–Crippen MR) is 82.9 cm³/mol. The molecule has 0 spiro atoms. The second-order valence-corrected chi connectivity index (χ2v) is 5.87. The highest BCUT2D eigenvalue weighted by Gasteiger charge is 2.11. The van der Waals surface area contributed by atoms with Crippen molar-refractivity contribution in [3.05, 3.63) is 45.3 Å². The first-order chi connectivity index (χ1) is 9.11. The van der Waals surface area contributed by atoms with E-state index in [0.717, 1.165) is 30.0 Å². The number of aryl methyl sites for hydroxylation is 2. The standard InChI is InChI=1S/C15H21N3S/c1-11-9-12(2)17-15(14(11)10-16)18(3)7-6-13-5-4-8-19-13/h4-5,8-9H,6-7,10,16H2,1-3H3. The number of hydrogen-bond donors (Lipinski definition) is 1. The number of nitrogens with two attached hydrogens (primary N) is 1. The van der Waals surface area contributed by atoms with Crippen LogP contribution < -0.4 is 10.6 Å². The summed E-state index contributed by atoms with van der Waals surface area (Å²) < 4.78 is 0. The molecule has 2 heterocycles. The molecule has 0 aliphatic rings. The zero-order valence-corrected chi connectivity index (χ0v) is 12.6. The van der Waals surface area contributed by atoms with Crippen LogP contribution in [0.1, 0.15) is 21.7 Å². The fourth-order valence-corrected chi connectivity index (χ4v) is 2.95. The molecule has 0 amide bonds. The van der Waals surface area contributed by atoms with E-state index in [1.54, 1.807) is 11.3 Å². The molecule has 0 bridgehead atoms. The summed E-state index contributed by atoms with van der Waals surface area (Å²) in [6, 6.07) is 6.37. The Morgan fingerprint density at radius 1 is 1.37 bits per heavy atom. The van der Waals surface area contributed by atoms with Gasteiger partial charge >= 0.3 is 0 Å². The van der Waals surface area contributed by atoms with Crippen LogP contribution in [0.15, 0.2) is 23.6 Å². The summed E-state index contributed by atoms with van der Waals surface area (Å²) in [6.45, 7) is 5.64. The van der Waals surface area contributed by atoms with Crippen molar-refractivity contribution in [3.63, 3.8) is 0 Å².